The minimum Gasteiger partial charge on any atom is -0.480 e. The normalized spacial score (nSPS) is 11.1. The Labute approximate surface area is 183 Å². The second kappa shape index (κ2) is 10.1. The minimum absolute atomic E-state index is 0.163. The van der Waals surface area contributed by atoms with E-state index in [1.807, 2.05) is 42.5 Å². The summed E-state index contributed by atoms with van der Waals surface area (Å²) in [5, 5.41) is 4.40. The van der Waals surface area contributed by atoms with Crippen LogP contribution in [-0.2, 0) is 21.1 Å². The number of hydrogen-bond acceptors (Lipinski definition) is 4. The van der Waals surface area contributed by atoms with Crippen LogP contribution in [0.25, 0.3) is 10.8 Å². The summed E-state index contributed by atoms with van der Waals surface area (Å²) in [6, 6.07) is 20.3. The van der Waals surface area contributed by atoms with Crippen LogP contribution in [0.2, 0.25) is 0 Å². The number of hydrogen-bond donors (Lipinski definition) is 1. The number of benzene rings is 3. The van der Waals surface area contributed by atoms with E-state index in [0.29, 0.717) is 0 Å². The molecule has 0 saturated heterocycles. The van der Waals surface area contributed by atoms with E-state index in [1.165, 1.54) is 0 Å². The molecule has 0 bridgehead atoms. The first-order chi connectivity index (χ1) is 14.9. The molecule has 1 amide bonds. The largest absolute Gasteiger partial charge is 0.480 e. The lowest BCUT2D eigenvalue weighted by atomic mass is 10.1. The quantitative estimate of drug-likeness (QED) is 0.574. The molecule has 3 aromatic carbocycles. The zero-order valence-corrected chi connectivity index (χ0v) is 18.4. The SMILES string of the molecule is CC(C)S(=O)(=O)c1ccc(CC(=O)NCC#CCOc2cccc3ccccc23)cc1. The van der Waals surface area contributed by atoms with Crippen LogP contribution < -0.4 is 10.1 Å². The van der Waals surface area contributed by atoms with Crippen molar-refractivity contribution in [3.63, 3.8) is 0 Å². The summed E-state index contributed by atoms with van der Waals surface area (Å²) in [6.07, 6.45) is 0.163. The maximum Gasteiger partial charge on any atom is 0.225 e. The lowest BCUT2D eigenvalue weighted by molar-refractivity contribution is -0.120. The van der Waals surface area contributed by atoms with Crippen LogP contribution in [0.5, 0.6) is 5.75 Å². The van der Waals surface area contributed by atoms with Gasteiger partial charge in [-0.05, 0) is 43.0 Å². The van der Waals surface area contributed by atoms with Crippen LogP contribution in [0.3, 0.4) is 0 Å². The van der Waals surface area contributed by atoms with Crippen LogP contribution in [0.15, 0.2) is 71.6 Å². The summed E-state index contributed by atoms with van der Waals surface area (Å²) in [5.74, 6) is 6.37. The fourth-order valence-electron chi connectivity index (χ4n) is 3.01. The van der Waals surface area contributed by atoms with Gasteiger partial charge in [0.2, 0.25) is 5.91 Å². The Hall–Kier alpha value is -3.30. The van der Waals surface area contributed by atoms with Crippen molar-refractivity contribution in [3.8, 4) is 17.6 Å². The van der Waals surface area contributed by atoms with E-state index in [2.05, 4.69) is 17.2 Å². The number of sulfone groups is 1. The van der Waals surface area contributed by atoms with Crippen LogP contribution in [0.4, 0.5) is 0 Å². The van der Waals surface area contributed by atoms with Crippen molar-refractivity contribution in [1.29, 1.82) is 0 Å². The van der Waals surface area contributed by atoms with Crippen molar-refractivity contribution >= 4 is 26.5 Å². The molecule has 0 radical (unpaired) electrons. The first-order valence-corrected chi connectivity index (χ1v) is 11.6. The van der Waals surface area contributed by atoms with Gasteiger partial charge in [-0.25, -0.2) is 8.42 Å². The molecule has 0 aliphatic heterocycles. The molecule has 0 aliphatic carbocycles. The highest BCUT2D eigenvalue weighted by Gasteiger charge is 2.18. The second-order valence-electron chi connectivity index (χ2n) is 7.31. The Kier molecular flexibility index (Phi) is 7.32. The smallest absolute Gasteiger partial charge is 0.225 e. The summed E-state index contributed by atoms with van der Waals surface area (Å²) in [4.78, 5) is 12.3. The Morgan fingerprint density at radius 3 is 2.42 bits per heavy atom. The van der Waals surface area contributed by atoms with E-state index in [4.69, 9.17) is 4.74 Å². The lowest BCUT2D eigenvalue weighted by Gasteiger charge is -2.08. The first-order valence-electron chi connectivity index (χ1n) is 10.0. The van der Waals surface area contributed by atoms with Gasteiger partial charge < -0.3 is 10.1 Å². The minimum atomic E-state index is -3.31. The predicted octanol–water partition coefficient (Wildman–Crippen LogP) is 3.76. The van der Waals surface area contributed by atoms with Crippen LogP contribution in [-0.4, -0.2) is 32.7 Å². The number of amides is 1. The van der Waals surface area contributed by atoms with Gasteiger partial charge in [0.1, 0.15) is 12.4 Å². The molecule has 1 N–H and O–H groups in total. The summed E-state index contributed by atoms with van der Waals surface area (Å²) >= 11 is 0. The number of carbonyl (C=O) groups excluding carboxylic acids is 1. The lowest BCUT2D eigenvalue weighted by Crippen LogP contribution is -2.25. The molecule has 160 valence electrons. The van der Waals surface area contributed by atoms with Gasteiger partial charge in [-0.1, -0.05) is 60.4 Å². The van der Waals surface area contributed by atoms with Gasteiger partial charge in [0.15, 0.2) is 9.84 Å². The predicted molar refractivity (Wildman–Crippen MR) is 123 cm³/mol. The fraction of sp³-hybridized carbons (Fsp3) is 0.240. The Balaban J connectivity index is 1.45. The maximum atomic E-state index is 12.1. The van der Waals surface area contributed by atoms with Crippen LogP contribution in [0, 0.1) is 11.8 Å². The molecular formula is C25H25NO4S. The van der Waals surface area contributed by atoms with Crippen molar-refractivity contribution in [1.82, 2.24) is 5.32 Å². The highest BCUT2D eigenvalue weighted by atomic mass is 32.2. The first kappa shape index (κ1) is 22.4. The topological polar surface area (TPSA) is 72.5 Å². The zero-order valence-electron chi connectivity index (χ0n) is 17.6. The standard InChI is InChI=1S/C25H25NO4S/c1-19(2)31(28,29)22-14-12-20(13-15-22)18-25(27)26-16-5-6-17-30-24-11-7-9-21-8-3-4-10-23(21)24/h3-4,7-15,19H,16-18H2,1-2H3,(H,26,27). The number of carbonyl (C=O) groups is 1. The monoisotopic (exact) mass is 435 g/mol. The molecule has 0 heterocycles. The summed E-state index contributed by atoms with van der Waals surface area (Å²) in [7, 11) is -3.31. The Bertz CT molecular complexity index is 1210. The number of nitrogens with one attached hydrogen (secondary N) is 1. The highest BCUT2D eigenvalue weighted by molar-refractivity contribution is 7.92. The van der Waals surface area contributed by atoms with Crippen molar-refractivity contribution in [2.24, 2.45) is 0 Å². The number of rotatable bonds is 7. The molecular weight excluding hydrogens is 410 g/mol. The van der Waals surface area contributed by atoms with Crippen molar-refractivity contribution < 1.29 is 17.9 Å². The van der Waals surface area contributed by atoms with Gasteiger partial charge in [0.25, 0.3) is 0 Å². The van der Waals surface area contributed by atoms with Crippen molar-refractivity contribution in [2.45, 2.75) is 30.4 Å². The molecule has 3 aromatic rings. The Morgan fingerprint density at radius 2 is 1.68 bits per heavy atom. The van der Waals surface area contributed by atoms with E-state index in [-0.39, 0.29) is 30.4 Å². The van der Waals surface area contributed by atoms with Crippen LogP contribution >= 0.6 is 0 Å². The van der Waals surface area contributed by atoms with E-state index >= 15 is 0 Å². The van der Waals surface area contributed by atoms with E-state index < -0.39 is 15.1 Å². The van der Waals surface area contributed by atoms with Crippen LogP contribution in [0.1, 0.15) is 19.4 Å². The average molecular weight is 436 g/mol. The Morgan fingerprint density at radius 1 is 0.968 bits per heavy atom. The third kappa shape index (κ3) is 5.87. The fourth-order valence-corrected chi connectivity index (χ4v) is 4.07. The third-order valence-electron chi connectivity index (χ3n) is 4.79. The van der Waals surface area contributed by atoms with Gasteiger partial charge in [-0.2, -0.15) is 0 Å². The zero-order chi connectivity index (χ0) is 22.3. The van der Waals surface area contributed by atoms with Gasteiger partial charge >= 0.3 is 0 Å². The average Bonchev–Trinajstić information content (AvgIpc) is 2.76. The maximum absolute atomic E-state index is 12.1. The van der Waals surface area contributed by atoms with E-state index in [9.17, 15) is 13.2 Å². The van der Waals surface area contributed by atoms with Crippen molar-refractivity contribution in [3.05, 3.63) is 72.3 Å². The molecule has 0 aromatic heterocycles. The molecule has 0 spiro atoms. The molecule has 31 heavy (non-hydrogen) atoms. The summed E-state index contributed by atoms with van der Waals surface area (Å²) in [5.41, 5.74) is 0.743. The molecule has 0 aliphatic rings. The van der Waals surface area contributed by atoms with Gasteiger partial charge in [-0.3, -0.25) is 4.79 Å². The molecule has 3 rings (SSSR count). The molecule has 0 fully saturated rings. The molecule has 5 nitrogen and oxygen atoms in total. The van der Waals surface area contributed by atoms with Gasteiger partial charge in [-0.15, -0.1) is 0 Å². The molecule has 6 heteroatoms. The summed E-state index contributed by atoms with van der Waals surface area (Å²) in [6.45, 7) is 3.74. The highest BCUT2D eigenvalue weighted by Crippen LogP contribution is 2.24. The van der Waals surface area contributed by atoms with Crippen molar-refractivity contribution in [2.75, 3.05) is 13.2 Å². The molecule has 0 atom stereocenters. The molecule has 0 saturated carbocycles. The van der Waals surface area contributed by atoms with E-state index in [0.717, 1.165) is 22.1 Å². The summed E-state index contributed by atoms with van der Waals surface area (Å²) < 4.78 is 30.0. The second-order valence-corrected chi connectivity index (χ2v) is 9.81. The van der Waals surface area contributed by atoms with Gasteiger partial charge in [0, 0.05) is 5.39 Å². The molecule has 0 unspecified atom stereocenters. The third-order valence-corrected chi connectivity index (χ3v) is 6.96. The number of fused-ring (bicyclic) bond motifs is 1. The van der Waals surface area contributed by atoms with Gasteiger partial charge in [0.05, 0.1) is 23.1 Å². The number of ether oxygens (including phenoxy) is 1. The van der Waals surface area contributed by atoms with E-state index in [1.54, 1.807) is 38.1 Å².